The zero-order valence-electron chi connectivity index (χ0n) is 20.5. The molecular weight excluding hydrogens is 424 g/mol. The standard InChI is InChI=1S/C8H18.C6H16O3SSi.C6H16O3Si/c1-3-5-7-8-6-4-2;1-7-11(8-2,9-3)6-4-5-10;1-4-7-10(8-5-2)9-6-3/h3-8H2,1-2H3;10H,4-6H2,1-3H3;10H,4-6H2,1-3H3. The SMILES string of the molecule is CCCCCCCC.CCO[SiH](OCC)OCC.CO[Si](CCCS)(OC)OC. The minimum Gasteiger partial charge on any atom is -0.377 e. The van der Waals surface area contributed by atoms with E-state index in [0.29, 0.717) is 19.8 Å². The monoisotopic (exact) mass is 474 g/mol. The molecule has 0 atom stereocenters. The summed E-state index contributed by atoms with van der Waals surface area (Å²) in [7, 11) is 0.847. The first-order valence-corrected chi connectivity index (χ1v) is 15.1. The number of thiol groups is 1. The van der Waals surface area contributed by atoms with Crippen molar-refractivity contribution in [1.82, 2.24) is 0 Å². The lowest BCUT2D eigenvalue weighted by atomic mass is 10.1. The van der Waals surface area contributed by atoms with Gasteiger partial charge in [-0.15, -0.1) is 0 Å². The van der Waals surface area contributed by atoms with Crippen molar-refractivity contribution >= 4 is 31.0 Å². The maximum Gasteiger partial charge on any atom is 0.500 e. The zero-order chi connectivity index (χ0) is 22.8. The molecule has 29 heavy (non-hydrogen) atoms. The quantitative estimate of drug-likeness (QED) is 0.174. The summed E-state index contributed by atoms with van der Waals surface area (Å²) in [6.45, 7) is 12.4. The molecule has 0 aromatic carbocycles. The lowest BCUT2D eigenvalue weighted by molar-refractivity contribution is 0.107. The Balaban J connectivity index is -0.000000354. The molecule has 9 heteroatoms. The number of rotatable bonds is 17. The van der Waals surface area contributed by atoms with Crippen LogP contribution in [0.5, 0.6) is 0 Å². The first kappa shape index (κ1) is 34.2. The van der Waals surface area contributed by atoms with E-state index in [0.717, 1.165) is 18.2 Å². The molecule has 0 unspecified atom stereocenters. The fourth-order valence-corrected chi connectivity index (χ4v) is 5.54. The molecule has 0 spiro atoms. The summed E-state index contributed by atoms with van der Waals surface area (Å²) >= 11 is 4.10. The highest BCUT2D eigenvalue weighted by atomic mass is 32.1. The van der Waals surface area contributed by atoms with Crippen molar-refractivity contribution < 1.29 is 26.6 Å². The number of hydrogen-bond donors (Lipinski definition) is 1. The molecular formula is C20H50O6SSi2. The molecule has 0 fully saturated rings. The molecule has 0 N–H and O–H groups in total. The highest BCUT2D eigenvalue weighted by Crippen LogP contribution is 2.14. The van der Waals surface area contributed by atoms with E-state index in [1.165, 1.54) is 38.5 Å². The smallest absolute Gasteiger partial charge is 0.377 e. The van der Waals surface area contributed by atoms with E-state index < -0.39 is 18.3 Å². The van der Waals surface area contributed by atoms with Gasteiger partial charge in [-0.25, -0.2) is 0 Å². The van der Waals surface area contributed by atoms with Gasteiger partial charge in [0.05, 0.1) is 0 Å². The van der Waals surface area contributed by atoms with Gasteiger partial charge in [-0.05, 0) is 32.9 Å². The highest BCUT2D eigenvalue weighted by Gasteiger charge is 2.36. The van der Waals surface area contributed by atoms with E-state index in [-0.39, 0.29) is 0 Å². The van der Waals surface area contributed by atoms with E-state index in [1.807, 2.05) is 20.8 Å². The summed E-state index contributed by atoms with van der Waals surface area (Å²) in [4.78, 5) is 0. The molecule has 0 aliphatic rings. The van der Waals surface area contributed by atoms with Gasteiger partial charge in [-0.3, -0.25) is 0 Å². The Hall–Kier alpha value is 0.544. The van der Waals surface area contributed by atoms with Gasteiger partial charge in [-0.2, -0.15) is 12.6 Å². The summed E-state index contributed by atoms with van der Waals surface area (Å²) in [5.41, 5.74) is 0. The van der Waals surface area contributed by atoms with Crippen molar-refractivity contribution in [1.29, 1.82) is 0 Å². The average Bonchev–Trinajstić information content (AvgIpc) is 2.74. The van der Waals surface area contributed by atoms with Crippen molar-refractivity contribution in [2.75, 3.05) is 46.9 Å². The van der Waals surface area contributed by atoms with Crippen LogP contribution >= 0.6 is 12.6 Å². The van der Waals surface area contributed by atoms with Crippen LogP contribution in [0.1, 0.15) is 79.6 Å². The Bertz CT molecular complexity index is 259. The molecule has 180 valence electrons. The predicted molar refractivity (Wildman–Crippen MR) is 131 cm³/mol. The van der Waals surface area contributed by atoms with Crippen molar-refractivity contribution in [2.24, 2.45) is 0 Å². The molecule has 0 rings (SSSR count). The molecule has 0 bridgehead atoms. The van der Waals surface area contributed by atoms with Crippen molar-refractivity contribution in [3.63, 3.8) is 0 Å². The summed E-state index contributed by atoms with van der Waals surface area (Å²) in [6, 6.07) is 0.833. The fourth-order valence-electron chi connectivity index (χ4n) is 2.26. The molecule has 0 heterocycles. The van der Waals surface area contributed by atoms with Gasteiger partial charge in [0.25, 0.3) is 0 Å². The minimum atomic E-state index is -2.29. The molecule has 0 saturated heterocycles. The number of unbranched alkanes of at least 4 members (excludes halogenated alkanes) is 5. The summed E-state index contributed by atoms with van der Waals surface area (Å²) in [6.07, 6.45) is 9.45. The van der Waals surface area contributed by atoms with Crippen LogP contribution in [-0.4, -0.2) is 65.2 Å². The first-order chi connectivity index (χ1) is 14.0. The largest absolute Gasteiger partial charge is 0.500 e. The maximum absolute atomic E-state index is 5.22. The van der Waals surface area contributed by atoms with Crippen LogP contribution in [0.3, 0.4) is 0 Å². The topological polar surface area (TPSA) is 55.4 Å². The summed E-state index contributed by atoms with van der Waals surface area (Å²) in [5.74, 6) is 0.838. The number of hydrogen-bond acceptors (Lipinski definition) is 7. The van der Waals surface area contributed by atoms with Gasteiger partial charge < -0.3 is 26.6 Å². The van der Waals surface area contributed by atoms with E-state index in [1.54, 1.807) is 21.3 Å². The van der Waals surface area contributed by atoms with E-state index in [9.17, 15) is 0 Å². The molecule has 0 aliphatic carbocycles. The lowest BCUT2D eigenvalue weighted by Crippen LogP contribution is -2.42. The van der Waals surface area contributed by atoms with Gasteiger partial charge in [0, 0.05) is 47.2 Å². The van der Waals surface area contributed by atoms with Crippen LogP contribution in [0, 0.1) is 0 Å². The molecule has 0 saturated carbocycles. The van der Waals surface area contributed by atoms with Gasteiger partial charge in [-0.1, -0.05) is 52.4 Å². The second kappa shape index (κ2) is 28.5. The summed E-state index contributed by atoms with van der Waals surface area (Å²) < 4.78 is 31.2. The Kier molecular flexibility index (Phi) is 33.6. The van der Waals surface area contributed by atoms with Gasteiger partial charge >= 0.3 is 18.3 Å². The normalized spacial score (nSPS) is 11.0. The fraction of sp³-hybridized carbons (Fsp3) is 1.00. The third-order valence-electron chi connectivity index (χ3n) is 3.94. The van der Waals surface area contributed by atoms with E-state index in [2.05, 4.69) is 26.5 Å². The van der Waals surface area contributed by atoms with Crippen molar-refractivity contribution in [2.45, 2.75) is 85.6 Å². The molecule has 6 nitrogen and oxygen atoms in total. The van der Waals surface area contributed by atoms with Crippen molar-refractivity contribution in [3.05, 3.63) is 0 Å². The summed E-state index contributed by atoms with van der Waals surface area (Å²) in [5, 5.41) is 0. The Morgan fingerprint density at radius 1 is 0.621 bits per heavy atom. The van der Waals surface area contributed by atoms with Crippen LogP contribution < -0.4 is 0 Å². The van der Waals surface area contributed by atoms with Gasteiger partial charge in [0.15, 0.2) is 0 Å². The third-order valence-corrected chi connectivity index (χ3v) is 8.90. The molecule has 0 aromatic heterocycles. The second-order valence-electron chi connectivity index (χ2n) is 6.19. The van der Waals surface area contributed by atoms with Crippen molar-refractivity contribution in [3.8, 4) is 0 Å². The maximum atomic E-state index is 5.22. The van der Waals surface area contributed by atoms with E-state index in [4.69, 9.17) is 26.6 Å². The molecule has 0 amide bonds. The molecule has 0 radical (unpaired) electrons. The van der Waals surface area contributed by atoms with Gasteiger partial charge in [0.2, 0.25) is 0 Å². The third kappa shape index (κ3) is 24.7. The molecule has 0 aliphatic heterocycles. The zero-order valence-corrected chi connectivity index (χ0v) is 23.5. The first-order valence-electron chi connectivity index (χ1n) is 11.1. The Morgan fingerprint density at radius 3 is 1.24 bits per heavy atom. The highest BCUT2D eigenvalue weighted by molar-refractivity contribution is 7.80. The van der Waals surface area contributed by atoms with Crippen LogP contribution in [-0.2, 0) is 26.6 Å². The van der Waals surface area contributed by atoms with Crippen LogP contribution in [0.25, 0.3) is 0 Å². The van der Waals surface area contributed by atoms with Crippen LogP contribution in [0.15, 0.2) is 0 Å². The second-order valence-corrected chi connectivity index (χ2v) is 11.3. The van der Waals surface area contributed by atoms with Crippen LogP contribution in [0.4, 0.5) is 0 Å². The lowest BCUT2D eigenvalue weighted by Gasteiger charge is -2.23. The predicted octanol–water partition coefficient (Wildman–Crippen LogP) is 5.36. The minimum absolute atomic E-state index is 0.677. The van der Waals surface area contributed by atoms with Crippen LogP contribution in [0.2, 0.25) is 6.04 Å². The van der Waals surface area contributed by atoms with Gasteiger partial charge in [0.1, 0.15) is 0 Å². The molecule has 0 aromatic rings. The Morgan fingerprint density at radius 2 is 1.00 bits per heavy atom. The average molecular weight is 475 g/mol. The Labute approximate surface area is 190 Å². The van der Waals surface area contributed by atoms with E-state index >= 15 is 0 Å².